The Bertz CT molecular complexity index is 298. The summed E-state index contributed by atoms with van der Waals surface area (Å²) in [4.78, 5) is 0. The van der Waals surface area contributed by atoms with Crippen LogP contribution in [0.25, 0.3) is 0 Å². The normalized spacial score (nSPS) is 21.4. The van der Waals surface area contributed by atoms with Crippen LogP contribution in [0.1, 0.15) is 29.2 Å². The first-order valence-corrected chi connectivity index (χ1v) is 6.27. The van der Waals surface area contributed by atoms with Crippen LogP contribution in [0.4, 0.5) is 0 Å². The molecule has 1 aliphatic rings. The number of fused-ring (bicyclic) bond motifs is 1. The van der Waals surface area contributed by atoms with Crippen LogP contribution in [0, 0.1) is 0 Å². The van der Waals surface area contributed by atoms with Crippen LogP contribution in [-0.2, 0) is 6.42 Å². The second-order valence-corrected chi connectivity index (χ2v) is 4.98. The number of rotatable bonds is 2. The third-order valence-corrected chi connectivity index (χ3v) is 4.12. The van der Waals surface area contributed by atoms with Crippen LogP contribution < -0.4 is 0 Å². The molecule has 0 aromatic heterocycles. The Labute approximate surface area is 89.5 Å². The van der Waals surface area contributed by atoms with Crippen LogP contribution >= 0.6 is 11.8 Å². The summed E-state index contributed by atoms with van der Waals surface area (Å²) < 4.78 is 0. The molecule has 1 aromatic carbocycles. The maximum Gasteiger partial charge on any atom is 0.0444 e. The first kappa shape index (κ1) is 10.1. The molecule has 1 aromatic rings. The molecule has 1 unspecified atom stereocenters. The molecule has 2 heteroatoms. The second kappa shape index (κ2) is 4.85. The highest BCUT2D eigenvalue weighted by Crippen LogP contribution is 2.37. The van der Waals surface area contributed by atoms with Gasteiger partial charge in [-0.15, -0.1) is 0 Å². The summed E-state index contributed by atoms with van der Waals surface area (Å²) in [5, 5.41) is 9.54. The van der Waals surface area contributed by atoms with Crippen molar-refractivity contribution in [2.45, 2.75) is 24.5 Å². The van der Waals surface area contributed by atoms with Gasteiger partial charge in [-0.3, -0.25) is 0 Å². The number of hydrogen-bond acceptors (Lipinski definition) is 2. The maximum absolute atomic E-state index is 9.02. The van der Waals surface area contributed by atoms with Gasteiger partial charge in [0, 0.05) is 11.9 Å². The van der Waals surface area contributed by atoms with E-state index in [-0.39, 0.29) is 0 Å². The van der Waals surface area contributed by atoms with Crippen molar-refractivity contribution in [3.63, 3.8) is 0 Å². The third kappa shape index (κ3) is 2.12. The largest absolute Gasteiger partial charge is 0.396 e. The molecular formula is C12H16OS. The summed E-state index contributed by atoms with van der Waals surface area (Å²) in [5.74, 6) is 1.22. The van der Waals surface area contributed by atoms with Crippen molar-refractivity contribution >= 4 is 11.8 Å². The minimum atomic E-state index is 0.298. The summed E-state index contributed by atoms with van der Waals surface area (Å²) >= 11 is 1.99. The first-order valence-electron chi connectivity index (χ1n) is 5.22. The van der Waals surface area contributed by atoms with Crippen molar-refractivity contribution < 1.29 is 5.11 Å². The van der Waals surface area contributed by atoms with Crippen LogP contribution in [-0.4, -0.2) is 17.5 Å². The molecule has 0 radical (unpaired) electrons. The molecule has 0 saturated carbocycles. The molecule has 2 rings (SSSR count). The zero-order valence-electron chi connectivity index (χ0n) is 8.28. The average Bonchev–Trinajstić information content (AvgIpc) is 2.42. The van der Waals surface area contributed by atoms with E-state index in [9.17, 15) is 0 Å². The van der Waals surface area contributed by atoms with Crippen molar-refractivity contribution in [2.75, 3.05) is 12.4 Å². The highest BCUT2D eigenvalue weighted by Gasteiger charge is 2.17. The van der Waals surface area contributed by atoms with Gasteiger partial charge in [-0.2, -0.15) is 11.8 Å². The van der Waals surface area contributed by atoms with Crippen molar-refractivity contribution in [1.82, 2.24) is 0 Å². The van der Waals surface area contributed by atoms with Crippen LogP contribution in [0.5, 0.6) is 0 Å². The lowest BCUT2D eigenvalue weighted by Gasteiger charge is -2.15. The van der Waals surface area contributed by atoms with E-state index in [1.165, 1.54) is 29.7 Å². The minimum absolute atomic E-state index is 0.298. The van der Waals surface area contributed by atoms with E-state index < -0.39 is 0 Å². The predicted molar refractivity (Wildman–Crippen MR) is 61.7 cm³/mol. The fraction of sp³-hybridized carbons (Fsp3) is 0.500. The van der Waals surface area contributed by atoms with Gasteiger partial charge in [-0.05, 0) is 36.1 Å². The number of benzene rings is 1. The van der Waals surface area contributed by atoms with E-state index in [4.69, 9.17) is 5.11 Å². The Morgan fingerprint density at radius 2 is 2.21 bits per heavy atom. The summed E-state index contributed by atoms with van der Waals surface area (Å²) in [6.45, 7) is 0.298. The topological polar surface area (TPSA) is 20.2 Å². The molecule has 0 aliphatic carbocycles. The van der Waals surface area contributed by atoms with Crippen LogP contribution in [0.15, 0.2) is 24.3 Å². The Balaban J connectivity index is 2.27. The molecule has 76 valence electrons. The highest BCUT2D eigenvalue weighted by atomic mass is 32.2. The summed E-state index contributed by atoms with van der Waals surface area (Å²) in [6.07, 6.45) is 3.36. The molecule has 0 amide bonds. The standard InChI is InChI=1S/C12H16OS/c13-8-7-12-11-6-2-1-4-10(11)5-3-9-14-12/h1-2,4,6,12-13H,3,5,7-9H2. The molecule has 1 aliphatic heterocycles. The Morgan fingerprint density at radius 1 is 1.36 bits per heavy atom. The van der Waals surface area contributed by atoms with Crippen molar-refractivity contribution in [1.29, 1.82) is 0 Å². The smallest absolute Gasteiger partial charge is 0.0444 e. The molecular weight excluding hydrogens is 192 g/mol. The number of aliphatic hydroxyl groups is 1. The van der Waals surface area contributed by atoms with E-state index in [1.54, 1.807) is 0 Å². The van der Waals surface area contributed by atoms with E-state index in [0.29, 0.717) is 11.9 Å². The zero-order chi connectivity index (χ0) is 9.80. The third-order valence-electron chi connectivity index (χ3n) is 2.70. The van der Waals surface area contributed by atoms with Gasteiger partial charge >= 0.3 is 0 Å². The molecule has 0 saturated heterocycles. The highest BCUT2D eigenvalue weighted by molar-refractivity contribution is 7.99. The van der Waals surface area contributed by atoms with Gasteiger partial charge in [0.2, 0.25) is 0 Å². The quantitative estimate of drug-likeness (QED) is 0.806. The fourth-order valence-corrected chi connectivity index (χ4v) is 3.29. The summed E-state index contributed by atoms with van der Waals surface area (Å²) in [6, 6.07) is 8.67. The predicted octanol–water partition coefficient (Wildman–Crippen LogP) is 2.79. The van der Waals surface area contributed by atoms with Gasteiger partial charge in [0.15, 0.2) is 0 Å². The van der Waals surface area contributed by atoms with Gasteiger partial charge in [0.05, 0.1) is 0 Å². The molecule has 0 bridgehead atoms. The van der Waals surface area contributed by atoms with Gasteiger partial charge in [-0.1, -0.05) is 24.3 Å². The van der Waals surface area contributed by atoms with Gasteiger partial charge in [0.25, 0.3) is 0 Å². The number of aliphatic hydroxyl groups excluding tert-OH is 1. The maximum atomic E-state index is 9.02. The van der Waals surface area contributed by atoms with Crippen LogP contribution in [0.3, 0.4) is 0 Å². The monoisotopic (exact) mass is 208 g/mol. The SMILES string of the molecule is OCCC1SCCCc2ccccc21. The first-order chi connectivity index (χ1) is 6.92. The fourth-order valence-electron chi connectivity index (χ4n) is 2.01. The van der Waals surface area contributed by atoms with Crippen molar-refractivity contribution in [3.8, 4) is 0 Å². The van der Waals surface area contributed by atoms with E-state index >= 15 is 0 Å². The second-order valence-electron chi connectivity index (χ2n) is 3.67. The Morgan fingerprint density at radius 3 is 3.07 bits per heavy atom. The summed E-state index contributed by atoms with van der Waals surface area (Å²) in [7, 11) is 0. The molecule has 0 spiro atoms. The molecule has 0 fully saturated rings. The van der Waals surface area contributed by atoms with Gasteiger partial charge < -0.3 is 5.11 Å². The Kier molecular flexibility index (Phi) is 3.49. The Hall–Kier alpha value is -0.470. The molecule has 14 heavy (non-hydrogen) atoms. The lowest BCUT2D eigenvalue weighted by atomic mass is 9.99. The lowest BCUT2D eigenvalue weighted by molar-refractivity contribution is 0.287. The van der Waals surface area contributed by atoms with E-state index in [1.807, 2.05) is 11.8 Å². The number of hydrogen-bond donors (Lipinski definition) is 1. The average molecular weight is 208 g/mol. The lowest BCUT2D eigenvalue weighted by Crippen LogP contribution is -1.99. The van der Waals surface area contributed by atoms with Crippen LogP contribution in [0.2, 0.25) is 0 Å². The number of aryl methyl sites for hydroxylation is 1. The van der Waals surface area contributed by atoms with E-state index in [2.05, 4.69) is 24.3 Å². The van der Waals surface area contributed by atoms with Crippen molar-refractivity contribution in [3.05, 3.63) is 35.4 Å². The van der Waals surface area contributed by atoms with Crippen molar-refractivity contribution in [2.24, 2.45) is 0 Å². The molecule has 1 heterocycles. The zero-order valence-corrected chi connectivity index (χ0v) is 9.09. The van der Waals surface area contributed by atoms with Gasteiger partial charge in [0.1, 0.15) is 0 Å². The minimum Gasteiger partial charge on any atom is -0.396 e. The molecule has 1 atom stereocenters. The summed E-state index contributed by atoms with van der Waals surface area (Å²) in [5.41, 5.74) is 2.93. The van der Waals surface area contributed by atoms with Gasteiger partial charge in [-0.25, -0.2) is 0 Å². The molecule has 1 N–H and O–H groups in total. The van der Waals surface area contributed by atoms with E-state index in [0.717, 1.165) is 6.42 Å². The molecule has 1 nitrogen and oxygen atoms in total. The number of thioether (sulfide) groups is 1.